The normalized spacial score (nSPS) is 22.0. The highest BCUT2D eigenvalue weighted by Crippen LogP contribution is 2.33. The molecule has 7 fully saturated rings. The number of nitrogens with zero attached hydrogens (tertiary/aromatic N) is 8. The first-order valence-electron chi connectivity index (χ1n) is 29.9. The van der Waals surface area contributed by atoms with Gasteiger partial charge in [0.2, 0.25) is 23.6 Å². The Morgan fingerprint density at radius 3 is 2.16 bits per heavy atom. The van der Waals surface area contributed by atoms with Crippen molar-refractivity contribution in [3.8, 4) is 0 Å². The molecule has 20 heteroatoms. The molecule has 5 aliphatic heterocycles. The Labute approximate surface area is 475 Å². The summed E-state index contributed by atoms with van der Waals surface area (Å²) in [6.07, 6.45) is 16.0. The van der Waals surface area contributed by atoms with Crippen molar-refractivity contribution in [2.45, 2.75) is 132 Å². The number of nitrogens with one attached hydrogen (secondary N) is 4. The van der Waals surface area contributed by atoms with Crippen molar-refractivity contribution in [3.05, 3.63) is 88.8 Å². The molecule has 0 spiro atoms. The number of aromatic amines is 1. The van der Waals surface area contributed by atoms with E-state index in [0.717, 1.165) is 131 Å². The van der Waals surface area contributed by atoms with Crippen LogP contribution in [0.2, 0.25) is 5.02 Å². The third-order valence-corrected chi connectivity index (χ3v) is 18.7. The number of rotatable bonds is 19. The first kappa shape index (κ1) is 56.2. The fourth-order valence-electron chi connectivity index (χ4n) is 13.0. The van der Waals surface area contributed by atoms with Crippen LogP contribution in [-0.4, -0.2) is 197 Å². The van der Waals surface area contributed by atoms with Gasteiger partial charge in [-0.25, -0.2) is 9.97 Å². The molecule has 0 unspecified atom stereocenters. The number of benzene rings is 2. The van der Waals surface area contributed by atoms with Gasteiger partial charge < -0.3 is 51.0 Å². The molecule has 2 aliphatic carbocycles. The molecule has 7 aliphatic rings. The first-order chi connectivity index (χ1) is 38.9. The van der Waals surface area contributed by atoms with Crippen LogP contribution in [0, 0.1) is 5.92 Å². The minimum atomic E-state index is -1.02. The standard InChI is InChI=1S/C60H82ClN13O6/c61-46-11-9-41(10-12-46)51(67-59(79)60(62)21-29-72(30-22-60)56-50-15-23-63-55(50)65-40-66-56)20-26-69-31-33-71(34-32-69)53(76)39-70-24-16-48(17-25-70)80-49-18-27-73(28-19-49)58(78)54(42-5-2-1-3-6-42)68-57(77)44-8-4-7-43(35-44)45-37-74(38-45)52(75)36-64-47-13-14-47/h4,7-12,15,23,35,40,42,45,47-49,51,54,64H,1-3,5-6,13-14,16-22,24-34,36-39,62H2,(H,67,79)(H,68,77)(H,63,65,66)/t51-,54+/m0/s1. The van der Waals surface area contributed by atoms with Crippen molar-refractivity contribution in [2.75, 3.05) is 103 Å². The molecule has 2 aromatic carbocycles. The molecule has 2 atom stereocenters. The van der Waals surface area contributed by atoms with Crippen LogP contribution in [0.3, 0.4) is 0 Å². The number of hydrogen-bond donors (Lipinski definition) is 5. The lowest BCUT2D eigenvalue weighted by molar-refractivity contribution is -0.140. The third-order valence-electron chi connectivity index (χ3n) is 18.5. The molecule has 11 rings (SSSR count). The summed E-state index contributed by atoms with van der Waals surface area (Å²) in [5, 5.41) is 11.4. The summed E-state index contributed by atoms with van der Waals surface area (Å²) < 4.78 is 6.69. The van der Waals surface area contributed by atoms with E-state index in [2.05, 4.69) is 45.6 Å². The van der Waals surface area contributed by atoms with Crippen LogP contribution < -0.4 is 26.6 Å². The number of nitrogens with two attached hydrogens (primary N) is 1. The molecular formula is C60H82ClN13O6. The van der Waals surface area contributed by atoms with Gasteiger partial charge in [0.1, 0.15) is 23.8 Å². The van der Waals surface area contributed by atoms with Gasteiger partial charge in [-0.1, -0.05) is 55.1 Å². The number of H-pyrrole nitrogens is 1. The summed E-state index contributed by atoms with van der Waals surface area (Å²) in [4.78, 5) is 93.3. The smallest absolute Gasteiger partial charge is 0.251 e. The highest BCUT2D eigenvalue weighted by molar-refractivity contribution is 6.30. The van der Waals surface area contributed by atoms with Crippen molar-refractivity contribution in [2.24, 2.45) is 11.7 Å². The number of ether oxygens (including phenoxy) is 1. The quantitative estimate of drug-likeness (QED) is 0.0852. The van der Waals surface area contributed by atoms with E-state index in [0.29, 0.717) is 101 Å². The summed E-state index contributed by atoms with van der Waals surface area (Å²) in [5.41, 5.74) is 9.24. The van der Waals surface area contributed by atoms with Gasteiger partial charge in [0.15, 0.2) is 0 Å². The van der Waals surface area contributed by atoms with Crippen molar-refractivity contribution in [1.82, 2.24) is 55.4 Å². The highest BCUT2D eigenvalue weighted by Gasteiger charge is 2.41. The van der Waals surface area contributed by atoms with E-state index in [1.807, 2.05) is 75.5 Å². The van der Waals surface area contributed by atoms with Crippen molar-refractivity contribution >= 4 is 58.0 Å². The predicted octanol–water partition coefficient (Wildman–Crippen LogP) is 4.83. The Morgan fingerprint density at radius 1 is 0.738 bits per heavy atom. The van der Waals surface area contributed by atoms with Gasteiger partial charge in [-0.3, -0.25) is 33.8 Å². The SMILES string of the molecule is NC1(C(=O)N[C@@H](CCN2CCN(C(=O)CN3CCC(OC4CCN(C(=O)[C@H](NC(=O)c5cccc(C6CN(C(=O)CNC7CC7)C6)c5)C5CCCCC5)CC4)CC3)CC2)c2ccc(Cl)cc2)CCN(c2ncnc3[nH]ccc23)CC1. The van der Waals surface area contributed by atoms with E-state index in [1.165, 1.54) is 0 Å². The first-order valence-corrected chi connectivity index (χ1v) is 30.3. The van der Waals surface area contributed by atoms with Gasteiger partial charge >= 0.3 is 0 Å². The van der Waals surface area contributed by atoms with E-state index < -0.39 is 11.6 Å². The molecule has 19 nitrogen and oxygen atoms in total. The molecule has 5 amide bonds. The number of amides is 5. The average Bonchev–Trinajstić information content (AvgIpc) is 4.22. The average molecular weight is 1120 g/mol. The molecule has 0 bridgehead atoms. The highest BCUT2D eigenvalue weighted by atomic mass is 35.5. The molecule has 2 aromatic heterocycles. The second kappa shape index (κ2) is 25.6. The molecule has 7 heterocycles. The number of anilines is 1. The Balaban J connectivity index is 0.590. The summed E-state index contributed by atoms with van der Waals surface area (Å²) in [6, 6.07) is 17.0. The number of aromatic nitrogens is 3. The van der Waals surface area contributed by atoms with Crippen LogP contribution >= 0.6 is 11.6 Å². The molecular weight excluding hydrogens is 1030 g/mol. The Bertz CT molecular complexity index is 2770. The summed E-state index contributed by atoms with van der Waals surface area (Å²) >= 11 is 6.29. The summed E-state index contributed by atoms with van der Waals surface area (Å²) in [6.45, 7) is 9.70. The fourth-order valence-corrected chi connectivity index (χ4v) is 13.1. The van der Waals surface area contributed by atoms with Gasteiger partial charge in [0, 0.05) is 114 Å². The third kappa shape index (κ3) is 13.8. The second-order valence-corrected chi connectivity index (χ2v) is 24.4. The monoisotopic (exact) mass is 1120 g/mol. The maximum Gasteiger partial charge on any atom is 0.251 e. The summed E-state index contributed by atoms with van der Waals surface area (Å²) in [5.74, 6) is 1.09. The molecule has 80 heavy (non-hydrogen) atoms. The number of carbonyl (C=O) groups is 5. The molecule has 0 radical (unpaired) electrons. The number of fused-ring (bicyclic) bond motifs is 1. The predicted molar refractivity (Wildman–Crippen MR) is 307 cm³/mol. The Morgan fingerprint density at radius 2 is 1.45 bits per heavy atom. The van der Waals surface area contributed by atoms with Gasteiger partial charge in [-0.2, -0.15) is 0 Å². The maximum atomic E-state index is 14.4. The lowest BCUT2D eigenvalue weighted by Gasteiger charge is -2.40. The largest absolute Gasteiger partial charge is 0.375 e. The number of carbonyl (C=O) groups excluding carboxylic acids is 5. The van der Waals surface area contributed by atoms with Gasteiger partial charge in [-0.05, 0) is 118 Å². The van der Waals surface area contributed by atoms with Crippen LogP contribution in [0.1, 0.15) is 123 Å². The van der Waals surface area contributed by atoms with Crippen LogP contribution in [0.5, 0.6) is 0 Å². The lowest BCUT2D eigenvalue weighted by atomic mass is 9.83. The van der Waals surface area contributed by atoms with E-state index in [1.54, 1.807) is 6.33 Å². The topological polar surface area (TPSA) is 218 Å². The number of piperidine rings is 3. The van der Waals surface area contributed by atoms with Crippen molar-refractivity contribution in [1.29, 1.82) is 0 Å². The van der Waals surface area contributed by atoms with Gasteiger partial charge in [0.25, 0.3) is 5.91 Å². The summed E-state index contributed by atoms with van der Waals surface area (Å²) in [7, 11) is 0. The number of likely N-dealkylation sites (tertiary alicyclic amines) is 3. The van der Waals surface area contributed by atoms with Gasteiger partial charge in [0.05, 0.1) is 42.3 Å². The minimum Gasteiger partial charge on any atom is -0.375 e. The molecule has 4 aromatic rings. The van der Waals surface area contributed by atoms with E-state index in [4.69, 9.17) is 22.1 Å². The zero-order valence-electron chi connectivity index (χ0n) is 46.4. The Kier molecular flexibility index (Phi) is 18.0. The van der Waals surface area contributed by atoms with Crippen LogP contribution in [0.15, 0.2) is 67.1 Å². The van der Waals surface area contributed by atoms with Crippen molar-refractivity contribution in [3.63, 3.8) is 0 Å². The van der Waals surface area contributed by atoms with Crippen molar-refractivity contribution < 1.29 is 28.7 Å². The van der Waals surface area contributed by atoms with Crippen LogP contribution in [-0.2, 0) is 23.9 Å². The number of piperazine rings is 1. The molecule has 2 saturated carbocycles. The van der Waals surface area contributed by atoms with Crippen LogP contribution in [0.25, 0.3) is 11.0 Å². The van der Waals surface area contributed by atoms with Gasteiger partial charge in [-0.15, -0.1) is 0 Å². The molecule has 430 valence electrons. The van der Waals surface area contributed by atoms with Crippen LogP contribution in [0.4, 0.5) is 5.82 Å². The molecule has 5 saturated heterocycles. The fraction of sp³-hybridized carbons (Fsp3) is 0.617. The van der Waals surface area contributed by atoms with E-state index >= 15 is 0 Å². The molecule has 6 N–H and O–H groups in total. The second-order valence-electron chi connectivity index (χ2n) is 23.9. The zero-order chi connectivity index (χ0) is 55.2. The lowest BCUT2D eigenvalue weighted by Crippen LogP contribution is -2.60. The zero-order valence-corrected chi connectivity index (χ0v) is 47.1. The minimum absolute atomic E-state index is 0.0171. The van der Waals surface area contributed by atoms with E-state index in [-0.39, 0.29) is 59.6 Å². The van der Waals surface area contributed by atoms with E-state index in [9.17, 15) is 24.0 Å². The Hall–Kier alpha value is -5.70. The number of halogens is 1. The number of hydrogen-bond acceptors (Lipinski definition) is 13. The maximum absolute atomic E-state index is 14.4.